The van der Waals surface area contributed by atoms with Gasteiger partial charge in [-0.05, 0) is 50.7 Å². The largest absolute Gasteiger partial charge is 0.494 e. The Kier molecular flexibility index (Phi) is 10.7. The van der Waals surface area contributed by atoms with Crippen molar-refractivity contribution in [3.8, 4) is 23.3 Å². The predicted octanol–water partition coefficient (Wildman–Crippen LogP) is 4.43. The number of nitrogens with one attached hydrogen (secondary N) is 4. The Hall–Kier alpha value is -4.75. The summed E-state index contributed by atoms with van der Waals surface area (Å²) in [4.78, 5) is 26.5. The first-order chi connectivity index (χ1) is 22.3. The van der Waals surface area contributed by atoms with Gasteiger partial charge in [-0.3, -0.25) is 4.79 Å². The molecule has 0 spiro atoms. The van der Waals surface area contributed by atoms with Crippen LogP contribution in [-0.2, 0) is 9.08 Å². The Morgan fingerprint density at radius 2 is 2.09 bits per heavy atom. The van der Waals surface area contributed by atoms with Crippen molar-refractivity contribution in [3.05, 3.63) is 48.7 Å². The Bertz CT molecular complexity index is 1630. The molecule has 2 aromatic carbocycles. The average molecular weight is 648 g/mol. The molecule has 46 heavy (non-hydrogen) atoms. The predicted molar refractivity (Wildman–Crippen MR) is 177 cm³/mol. The fourth-order valence-corrected chi connectivity index (χ4v) is 5.89. The Balaban J connectivity index is 1.47. The van der Waals surface area contributed by atoms with Crippen molar-refractivity contribution in [1.29, 1.82) is 5.26 Å². The fourth-order valence-electron chi connectivity index (χ4n) is 5.28. The van der Waals surface area contributed by atoms with Gasteiger partial charge in [-0.25, -0.2) is 9.27 Å². The number of nitrogens with zero attached hydrogens (tertiary/aromatic N) is 5. The lowest BCUT2D eigenvalue weighted by molar-refractivity contribution is -0.111. The second-order valence-electron chi connectivity index (χ2n) is 10.6. The van der Waals surface area contributed by atoms with E-state index in [9.17, 15) is 10.1 Å². The first-order valence-corrected chi connectivity index (χ1v) is 15.4. The number of nitriles is 1. The summed E-state index contributed by atoms with van der Waals surface area (Å²) >= 11 is 1.04. The molecule has 1 atom stereocenters. The van der Waals surface area contributed by atoms with Gasteiger partial charge in [-0.2, -0.15) is 15.7 Å². The SMILES string of the molecule is C=CC(=O)Nc1cc(Nc2ncc(C#N)c(Nc3ccc4c(c3SONC)OCCO4)n2)c(OC)cc1N(C)CC1CCCN1C. The molecule has 1 aromatic heterocycles. The van der Waals surface area contributed by atoms with Gasteiger partial charge < -0.3 is 40.0 Å². The molecule has 4 N–H and O–H groups in total. The van der Waals surface area contributed by atoms with Crippen LogP contribution >= 0.6 is 12.0 Å². The summed E-state index contributed by atoms with van der Waals surface area (Å²) in [6, 6.07) is 9.73. The van der Waals surface area contributed by atoms with Crippen LogP contribution in [0.3, 0.4) is 0 Å². The van der Waals surface area contributed by atoms with E-state index < -0.39 is 0 Å². The van der Waals surface area contributed by atoms with Crippen molar-refractivity contribution < 1.29 is 23.3 Å². The minimum Gasteiger partial charge on any atom is -0.494 e. The standard InChI is InChI=1S/C31H37N9O5S/c1-6-27(41)35-22-14-23(26(42-5)15-24(22)40(4)18-20-8-7-11-39(20)3)37-31-34-17-19(16-32)30(38-31)36-21-9-10-25-28(44-13-12-43-25)29(21)46-45-33-2/h6,9-10,14-15,17,20,33H,1,7-8,11-13,18H2,2-5H3,(H,35,41)(H2,34,36,37,38). The number of fused-ring (bicyclic) bond motifs is 1. The van der Waals surface area contributed by atoms with E-state index in [1.54, 1.807) is 32.4 Å². The van der Waals surface area contributed by atoms with E-state index in [0.717, 1.165) is 43.7 Å². The summed E-state index contributed by atoms with van der Waals surface area (Å²) in [5.74, 6) is 1.70. The smallest absolute Gasteiger partial charge is 0.247 e. The van der Waals surface area contributed by atoms with E-state index in [0.29, 0.717) is 58.5 Å². The molecule has 0 radical (unpaired) electrons. The first-order valence-electron chi connectivity index (χ1n) is 14.7. The van der Waals surface area contributed by atoms with Crippen LogP contribution in [0.5, 0.6) is 17.2 Å². The topological polar surface area (TPSA) is 158 Å². The molecule has 1 amide bonds. The van der Waals surface area contributed by atoms with E-state index in [1.165, 1.54) is 12.3 Å². The van der Waals surface area contributed by atoms with Crippen LogP contribution in [0.4, 0.5) is 34.5 Å². The molecule has 3 aromatic rings. The maximum atomic E-state index is 12.4. The van der Waals surface area contributed by atoms with Crippen molar-refractivity contribution in [2.24, 2.45) is 0 Å². The maximum Gasteiger partial charge on any atom is 0.247 e. The van der Waals surface area contributed by atoms with Crippen molar-refractivity contribution in [2.45, 2.75) is 23.8 Å². The molecule has 1 fully saturated rings. The molecule has 0 bridgehead atoms. The molecule has 1 saturated heterocycles. The van der Waals surface area contributed by atoms with Crippen molar-refractivity contribution >= 4 is 52.5 Å². The quantitative estimate of drug-likeness (QED) is 0.117. The zero-order valence-corrected chi connectivity index (χ0v) is 27.0. The van der Waals surface area contributed by atoms with Gasteiger partial charge in [0.2, 0.25) is 11.9 Å². The molecule has 14 nitrogen and oxygen atoms in total. The van der Waals surface area contributed by atoms with Gasteiger partial charge >= 0.3 is 0 Å². The Morgan fingerprint density at radius 3 is 2.80 bits per heavy atom. The van der Waals surface area contributed by atoms with E-state index in [1.807, 2.05) is 13.1 Å². The van der Waals surface area contributed by atoms with E-state index in [2.05, 4.69) is 60.9 Å². The molecule has 3 heterocycles. The average Bonchev–Trinajstić information content (AvgIpc) is 3.47. The van der Waals surface area contributed by atoms with E-state index in [-0.39, 0.29) is 23.2 Å². The Morgan fingerprint density at radius 1 is 1.26 bits per heavy atom. The molecule has 242 valence electrons. The highest BCUT2D eigenvalue weighted by Crippen LogP contribution is 2.45. The lowest BCUT2D eigenvalue weighted by atomic mass is 10.1. The van der Waals surface area contributed by atoms with Gasteiger partial charge in [0.15, 0.2) is 17.3 Å². The summed E-state index contributed by atoms with van der Waals surface area (Å²) in [6.45, 7) is 6.26. The highest BCUT2D eigenvalue weighted by Gasteiger charge is 2.25. The molecule has 1 unspecified atom stereocenters. The van der Waals surface area contributed by atoms with Gasteiger partial charge in [-0.1, -0.05) is 6.58 Å². The summed E-state index contributed by atoms with van der Waals surface area (Å²) < 4.78 is 22.7. The number of benzene rings is 2. The minimum atomic E-state index is -0.347. The van der Waals surface area contributed by atoms with Gasteiger partial charge in [-0.15, -0.1) is 0 Å². The van der Waals surface area contributed by atoms with E-state index >= 15 is 0 Å². The molecular weight excluding hydrogens is 610 g/mol. The zero-order chi connectivity index (χ0) is 32.6. The molecule has 2 aliphatic rings. The number of carbonyl (C=O) groups excluding carboxylic acids is 1. The minimum absolute atomic E-state index is 0.188. The number of likely N-dealkylation sites (tertiary alicyclic amines) is 1. The number of rotatable bonds is 13. The molecule has 5 rings (SSSR count). The second-order valence-corrected chi connectivity index (χ2v) is 11.3. The Labute approximate surface area is 272 Å². The molecule has 15 heteroatoms. The third-order valence-corrected chi connectivity index (χ3v) is 8.43. The third-order valence-electron chi connectivity index (χ3n) is 7.61. The van der Waals surface area contributed by atoms with Crippen LogP contribution in [0.1, 0.15) is 18.4 Å². The van der Waals surface area contributed by atoms with Crippen LogP contribution in [-0.4, -0.2) is 81.4 Å². The summed E-state index contributed by atoms with van der Waals surface area (Å²) in [5, 5.41) is 19.2. The van der Waals surface area contributed by atoms with Crippen LogP contribution in [0.15, 0.2) is 48.0 Å². The van der Waals surface area contributed by atoms with Crippen LogP contribution in [0.2, 0.25) is 0 Å². The first kappa shape index (κ1) is 32.6. The summed E-state index contributed by atoms with van der Waals surface area (Å²) in [7, 11) is 7.33. The van der Waals surface area contributed by atoms with Crippen molar-refractivity contribution in [1.82, 2.24) is 20.3 Å². The molecular formula is C31H37N9O5S. The van der Waals surface area contributed by atoms with Crippen molar-refractivity contribution in [3.63, 3.8) is 0 Å². The second kappa shape index (κ2) is 15.0. The number of ether oxygens (including phenoxy) is 3. The van der Waals surface area contributed by atoms with Crippen molar-refractivity contribution in [2.75, 3.05) is 75.4 Å². The number of likely N-dealkylation sites (N-methyl/N-ethyl adjacent to an activating group) is 2. The fraction of sp³-hybridized carbons (Fsp3) is 0.355. The lowest BCUT2D eigenvalue weighted by Crippen LogP contribution is -2.37. The number of carbonyl (C=O) groups is 1. The monoisotopic (exact) mass is 647 g/mol. The molecule has 2 aliphatic heterocycles. The lowest BCUT2D eigenvalue weighted by Gasteiger charge is -2.29. The highest BCUT2D eigenvalue weighted by molar-refractivity contribution is 7.95. The summed E-state index contributed by atoms with van der Waals surface area (Å²) in [6.07, 6.45) is 4.90. The third kappa shape index (κ3) is 7.37. The molecule has 0 saturated carbocycles. The number of hydroxylamine groups is 1. The summed E-state index contributed by atoms with van der Waals surface area (Å²) in [5.41, 5.74) is 5.28. The number of anilines is 6. The maximum absolute atomic E-state index is 12.4. The van der Waals surface area contributed by atoms with Crippen LogP contribution in [0, 0.1) is 11.3 Å². The molecule has 0 aliphatic carbocycles. The number of methoxy groups -OCH3 is 1. The number of amides is 1. The highest BCUT2D eigenvalue weighted by atomic mass is 32.2. The van der Waals surface area contributed by atoms with Gasteiger partial charge in [0, 0.05) is 32.7 Å². The number of hydrogen-bond donors (Lipinski definition) is 4. The van der Waals surface area contributed by atoms with Crippen LogP contribution in [0.25, 0.3) is 0 Å². The van der Waals surface area contributed by atoms with E-state index in [4.69, 9.17) is 18.5 Å². The van der Waals surface area contributed by atoms with Crippen LogP contribution < -0.4 is 40.5 Å². The normalized spacial score (nSPS) is 15.5. The van der Waals surface area contributed by atoms with Gasteiger partial charge in [0.25, 0.3) is 0 Å². The van der Waals surface area contributed by atoms with Gasteiger partial charge in [0.1, 0.15) is 35.5 Å². The number of aromatic nitrogens is 2. The number of hydrogen-bond acceptors (Lipinski definition) is 14. The zero-order valence-electron chi connectivity index (χ0n) is 26.2. The van der Waals surface area contributed by atoms with Gasteiger partial charge in [0.05, 0.1) is 48.1 Å².